The summed E-state index contributed by atoms with van der Waals surface area (Å²) in [6, 6.07) is 8.07. The summed E-state index contributed by atoms with van der Waals surface area (Å²) >= 11 is 5.13. The number of nitrogens with one attached hydrogen (secondary N) is 2. The molecule has 0 amide bonds. The van der Waals surface area contributed by atoms with Crippen LogP contribution < -0.4 is 10.7 Å². The number of imidazole rings is 1. The molecule has 2 aromatic rings. The summed E-state index contributed by atoms with van der Waals surface area (Å²) in [6.45, 7) is 8.31. The summed E-state index contributed by atoms with van der Waals surface area (Å²) in [7, 11) is 0. The Hall–Kier alpha value is -2.47. The van der Waals surface area contributed by atoms with Gasteiger partial charge in [-0.3, -0.25) is 5.43 Å². The second-order valence-electron chi connectivity index (χ2n) is 4.97. The van der Waals surface area contributed by atoms with Gasteiger partial charge in [0, 0.05) is 24.6 Å². The number of rotatable bonds is 5. The normalized spacial score (nSPS) is 11.1. The predicted molar refractivity (Wildman–Crippen MR) is 94.3 cm³/mol. The highest BCUT2D eigenvalue weighted by Gasteiger charge is 2.00. The van der Waals surface area contributed by atoms with Crippen LogP contribution in [0.2, 0.25) is 0 Å². The number of hydrazone groups is 1. The Balaban J connectivity index is 1.97. The average Bonchev–Trinajstić information content (AvgIpc) is 3.05. The van der Waals surface area contributed by atoms with Gasteiger partial charge in [0.1, 0.15) is 0 Å². The standard InChI is InChI=1S/C16H19N5S/c1-12(2)10-18-16(22)20-19-13(3)14-4-6-15(7-5-14)21-9-8-17-11-21/h4-9,11H,1,10H2,2-3H3,(H2,18,20,22)/b19-13-. The van der Waals surface area contributed by atoms with E-state index < -0.39 is 0 Å². The van der Waals surface area contributed by atoms with Gasteiger partial charge in [-0.15, -0.1) is 0 Å². The van der Waals surface area contributed by atoms with Crippen LogP contribution in [0.3, 0.4) is 0 Å². The SMILES string of the molecule is C=C(C)CNC(=S)N/N=C(/C)c1ccc(-n2ccnc2)cc1. The highest BCUT2D eigenvalue weighted by molar-refractivity contribution is 7.80. The predicted octanol–water partition coefficient (Wildman–Crippen LogP) is 2.64. The van der Waals surface area contributed by atoms with E-state index in [0.29, 0.717) is 11.7 Å². The number of hydrogen-bond donors (Lipinski definition) is 2. The quantitative estimate of drug-likeness (QED) is 0.386. The van der Waals surface area contributed by atoms with Crippen LogP contribution in [0.5, 0.6) is 0 Å². The van der Waals surface area contributed by atoms with Gasteiger partial charge in [0.2, 0.25) is 0 Å². The molecule has 1 aromatic heterocycles. The fraction of sp³-hybridized carbons (Fsp3) is 0.188. The largest absolute Gasteiger partial charge is 0.358 e. The summed E-state index contributed by atoms with van der Waals surface area (Å²) in [5, 5.41) is 7.78. The molecular weight excluding hydrogens is 294 g/mol. The lowest BCUT2D eigenvalue weighted by Crippen LogP contribution is -2.33. The lowest BCUT2D eigenvalue weighted by Gasteiger charge is -2.08. The van der Waals surface area contributed by atoms with Gasteiger partial charge in [-0.1, -0.05) is 24.3 Å². The zero-order valence-corrected chi connectivity index (χ0v) is 13.5. The molecule has 2 rings (SSSR count). The van der Waals surface area contributed by atoms with Crippen LogP contribution in [0.4, 0.5) is 0 Å². The van der Waals surface area contributed by atoms with Crippen LogP contribution in [-0.4, -0.2) is 26.9 Å². The maximum absolute atomic E-state index is 5.13. The van der Waals surface area contributed by atoms with Gasteiger partial charge in [0.05, 0.1) is 12.0 Å². The number of hydrogen-bond acceptors (Lipinski definition) is 3. The molecule has 0 aliphatic heterocycles. The molecular formula is C16H19N5S. The smallest absolute Gasteiger partial charge is 0.187 e. The third kappa shape index (κ3) is 4.53. The Morgan fingerprint density at radius 2 is 2.05 bits per heavy atom. The molecule has 1 heterocycles. The van der Waals surface area contributed by atoms with Gasteiger partial charge in [-0.2, -0.15) is 5.10 Å². The Labute approximate surface area is 135 Å². The van der Waals surface area contributed by atoms with Gasteiger partial charge < -0.3 is 9.88 Å². The van der Waals surface area contributed by atoms with Crippen molar-refractivity contribution in [3.8, 4) is 5.69 Å². The minimum absolute atomic E-state index is 0.484. The number of benzene rings is 1. The number of thiocarbonyl (C=S) groups is 1. The van der Waals surface area contributed by atoms with Crippen molar-refractivity contribution < 1.29 is 0 Å². The lowest BCUT2D eigenvalue weighted by molar-refractivity contribution is 0.913. The van der Waals surface area contributed by atoms with Crippen LogP contribution in [-0.2, 0) is 0 Å². The lowest BCUT2D eigenvalue weighted by atomic mass is 10.1. The molecule has 0 fully saturated rings. The molecule has 0 aliphatic rings. The summed E-state index contributed by atoms with van der Waals surface area (Å²) in [4.78, 5) is 4.04. The first kappa shape index (κ1) is 15.9. The molecule has 0 unspecified atom stereocenters. The minimum Gasteiger partial charge on any atom is -0.358 e. The van der Waals surface area contributed by atoms with Crippen molar-refractivity contribution in [2.24, 2.45) is 5.10 Å². The second-order valence-corrected chi connectivity index (χ2v) is 5.37. The summed E-state index contributed by atoms with van der Waals surface area (Å²) in [5.74, 6) is 0. The van der Waals surface area contributed by atoms with Gasteiger partial charge >= 0.3 is 0 Å². The van der Waals surface area contributed by atoms with Crippen molar-refractivity contribution in [3.05, 3.63) is 60.7 Å². The van der Waals surface area contributed by atoms with Crippen molar-refractivity contribution in [2.75, 3.05) is 6.54 Å². The molecule has 6 heteroatoms. The topological polar surface area (TPSA) is 54.2 Å². The maximum Gasteiger partial charge on any atom is 0.187 e. The third-order valence-electron chi connectivity index (χ3n) is 2.96. The molecule has 5 nitrogen and oxygen atoms in total. The molecule has 2 N–H and O–H groups in total. The third-order valence-corrected chi connectivity index (χ3v) is 3.20. The first-order valence-electron chi connectivity index (χ1n) is 6.87. The Bertz CT molecular complexity index is 671. The summed E-state index contributed by atoms with van der Waals surface area (Å²) in [6.07, 6.45) is 5.43. The van der Waals surface area contributed by atoms with Crippen molar-refractivity contribution in [1.82, 2.24) is 20.3 Å². The molecule has 0 bridgehead atoms. The van der Waals surface area contributed by atoms with E-state index in [-0.39, 0.29) is 0 Å². The van der Waals surface area contributed by atoms with E-state index in [1.165, 1.54) is 0 Å². The van der Waals surface area contributed by atoms with E-state index in [9.17, 15) is 0 Å². The monoisotopic (exact) mass is 313 g/mol. The molecule has 0 radical (unpaired) electrons. The first-order chi connectivity index (χ1) is 10.6. The van der Waals surface area contributed by atoms with E-state index in [1.807, 2.05) is 48.9 Å². The van der Waals surface area contributed by atoms with Gasteiger partial charge in [0.25, 0.3) is 0 Å². The maximum atomic E-state index is 5.13. The van der Waals surface area contributed by atoms with E-state index in [1.54, 1.807) is 12.5 Å². The van der Waals surface area contributed by atoms with Crippen LogP contribution in [0, 0.1) is 0 Å². The molecule has 0 saturated heterocycles. The summed E-state index contributed by atoms with van der Waals surface area (Å²) < 4.78 is 1.95. The zero-order chi connectivity index (χ0) is 15.9. The van der Waals surface area contributed by atoms with E-state index in [2.05, 4.69) is 27.4 Å². The van der Waals surface area contributed by atoms with Crippen molar-refractivity contribution in [3.63, 3.8) is 0 Å². The zero-order valence-electron chi connectivity index (χ0n) is 12.7. The van der Waals surface area contributed by atoms with E-state index in [0.717, 1.165) is 22.5 Å². The molecule has 0 saturated carbocycles. The average molecular weight is 313 g/mol. The Morgan fingerprint density at radius 1 is 1.32 bits per heavy atom. The van der Waals surface area contributed by atoms with Crippen LogP contribution >= 0.6 is 12.2 Å². The Kier molecular flexibility index (Phi) is 5.43. The van der Waals surface area contributed by atoms with Crippen molar-refractivity contribution in [1.29, 1.82) is 0 Å². The van der Waals surface area contributed by atoms with Gasteiger partial charge in [-0.25, -0.2) is 4.98 Å². The molecule has 0 aliphatic carbocycles. The Morgan fingerprint density at radius 3 is 2.64 bits per heavy atom. The molecule has 22 heavy (non-hydrogen) atoms. The molecule has 0 spiro atoms. The van der Waals surface area contributed by atoms with Gasteiger partial charge in [0.15, 0.2) is 5.11 Å². The van der Waals surface area contributed by atoms with Crippen LogP contribution in [0.15, 0.2) is 60.2 Å². The molecule has 114 valence electrons. The number of nitrogens with zero attached hydrogens (tertiary/aromatic N) is 3. The fourth-order valence-electron chi connectivity index (χ4n) is 1.76. The van der Waals surface area contributed by atoms with E-state index in [4.69, 9.17) is 12.2 Å². The summed E-state index contributed by atoms with van der Waals surface area (Å²) in [5.41, 5.74) is 6.79. The van der Waals surface area contributed by atoms with Crippen LogP contribution in [0.1, 0.15) is 19.4 Å². The highest BCUT2D eigenvalue weighted by Crippen LogP contribution is 2.09. The highest BCUT2D eigenvalue weighted by atomic mass is 32.1. The van der Waals surface area contributed by atoms with E-state index >= 15 is 0 Å². The first-order valence-corrected chi connectivity index (χ1v) is 7.28. The fourth-order valence-corrected chi connectivity index (χ4v) is 1.87. The number of aromatic nitrogens is 2. The van der Waals surface area contributed by atoms with Gasteiger partial charge in [-0.05, 0) is 43.8 Å². The molecule has 0 atom stereocenters. The minimum atomic E-state index is 0.484. The van der Waals surface area contributed by atoms with Crippen molar-refractivity contribution in [2.45, 2.75) is 13.8 Å². The second kappa shape index (κ2) is 7.51. The van der Waals surface area contributed by atoms with Crippen LogP contribution in [0.25, 0.3) is 5.69 Å². The van der Waals surface area contributed by atoms with Crippen molar-refractivity contribution >= 4 is 23.0 Å². The molecule has 1 aromatic carbocycles.